The van der Waals surface area contributed by atoms with Gasteiger partial charge < -0.3 is 10.2 Å². The van der Waals surface area contributed by atoms with Crippen LogP contribution in [0.4, 0.5) is 5.69 Å². The van der Waals surface area contributed by atoms with E-state index in [2.05, 4.69) is 10.4 Å². The highest BCUT2D eigenvalue weighted by Gasteiger charge is 2.18. The van der Waals surface area contributed by atoms with Crippen molar-refractivity contribution in [2.75, 3.05) is 19.0 Å². The van der Waals surface area contributed by atoms with Crippen molar-refractivity contribution < 1.29 is 4.79 Å². The van der Waals surface area contributed by atoms with Crippen LogP contribution in [0.25, 0.3) is 0 Å². The van der Waals surface area contributed by atoms with Gasteiger partial charge in [0.25, 0.3) is 5.56 Å². The van der Waals surface area contributed by atoms with Gasteiger partial charge in [-0.15, -0.1) is 0 Å². The zero-order chi connectivity index (χ0) is 14.6. The fourth-order valence-electron chi connectivity index (χ4n) is 1.43. The molecule has 0 saturated heterocycles. The Morgan fingerprint density at radius 2 is 2.11 bits per heavy atom. The van der Waals surface area contributed by atoms with E-state index in [-0.39, 0.29) is 23.6 Å². The van der Waals surface area contributed by atoms with Crippen LogP contribution in [0.2, 0.25) is 0 Å². The minimum Gasteiger partial charge on any atom is -0.376 e. The topological polar surface area (TPSA) is 67.2 Å². The molecule has 0 fully saturated rings. The number of rotatable bonds is 5. The molecule has 106 valence electrons. The Morgan fingerprint density at radius 3 is 2.58 bits per heavy atom. The minimum atomic E-state index is -0.282. The average Bonchev–Trinajstić information content (AvgIpc) is 2.30. The molecule has 0 aliphatic rings. The number of amides is 1. The maximum Gasteiger partial charge on any atom is 0.269 e. The highest BCUT2D eigenvalue weighted by Crippen LogP contribution is 2.07. The quantitative estimate of drug-likeness (QED) is 0.848. The summed E-state index contributed by atoms with van der Waals surface area (Å²) in [5, 5.41) is 6.87. The summed E-state index contributed by atoms with van der Waals surface area (Å²) in [6, 6.07) is 1.46. The van der Waals surface area contributed by atoms with Crippen molar-refractivity contribution in [3.8, 4) is 0 Å². The molecular formula is C13H22N4O2. The van der Waals surface area contributed by atoms with E-state index in [0.717, 1.165) is 16.8 Å². The largest absolute Gasteiger partial charge is 0.376 e. The minimum absolute atomic E-state index is 0.0596. The monoisotopic (exact) mass is 266 g/mol. The summed E-state index contributed by atoms with van der Waals surface area (Å²) in [4.78, 5) is 25.4. The van der Waals surface area contributed by atoms with Gasteiger partial charge in [-0.1, -0.05) is 6.92 Å². The van der Waals surface area contributed by atoms with Crippen LogP contribution in [0.3, 0.4) is 0 Å². The van der Waals surface area contributed by atoms with Crippen LogP contribution in [-0.4, -0.2) is 35.3 Å². The van der Waals surface area contributed by atoms with Gasteiger partial charge in [-0.05, 0) is 20.3 Å². The summed E-state index contributed by atoms with van der Waals surface area (Å²) in [5.41, 5.74) is 0.163. The molecule has 19 heavy (non-hydrogen) atoms. The third-order valence-corrected chi connectivity index (χ3v) is 3.03. The molecule has 1 heterocycles. The van der Waals surface area contributed by atoms with Gasteiger partial charge in [0.1, 0.15) is 6.54 Å². The summed E-state index contributed by atoms with van der Waals surface area (Å²) in [6.45, 7) is 5.82. The molecule has 0 spiro atoms. The van der Waals surface area contributed by atoms with Crippen LogP contribution >= 0.6 is 0 Å². The van der Waals surface area contributed by atoms with Crippen LogP contribution in [0, 0.1) is 0 Å². The first kappa shape index (κ1) is 15.2. The SMILES string of the molecule is CCC(C)(C)NC(=O)Cn1ncc(N(C)C)cc1=O. The smallest absolute Gasteiger partial charge is 0.269 e. The number of nitrogens with one attached hydrogen (secondary N) is 1. The molecule has 0 saturated carbocycles. The first-order chi connectivity index (χ1) is 8.75. The second kappa shape index (κ2) is 5.86. The Balaban J connectivity index is 2.78. The van der Waals surface area contributed by atoms with E-state index in [9.17, 15) is 9.59 Å². The van der Waals surface area contributed by atoms with Gasteiger partial charge in [-0.25, -0.2) is 4.68 Å². The highest BCUT2D eigenvalue weighted by molar-refractivity contribution is 5.76. The van der Waals surface area contributed by atoms with Gasteiger partial charge in [-0.3, -0.25) is 9.59 Å². The molecule has 6 heteroatoms. The average molecular weight is 266 g/mol. The fourth-order valence-corrected chi connectivity index (χ4v) is 1.43. The first-order valence-electron chi connectivity index (χ1n) is 6.30. The summed E-state index contributed by atoms with van der Waals surface area (Å²) >= 11 is 0. The van der Waals surface area contributed by atoms with Crippen molar-refractivity contribution >= 4 is 11.6 Å². The lowest BCUT2D eigenvalue weighted by atomic mass is 10.0. The van der Waals surface area contributed by atoms with Gasteiger partial charge in [0, 0.05) is 25.7 Å². The molecule has 1 N–H and O–H groups in total. The van der Waals surface area contributed by atoms with Crippen LogP contribution in [0.1, 0.15) is 27.2 Å². The molecule has 0 aliphatic carbocycles. The Labute approximate surface area is 113 Å². The molecular weight excluding hydrogens is 244 g/mol. The van der Waals surface area contributed by atoms with E-state index in [4.69, 9.17) is 0 Å². The van der Waals surface area contributed by atoms with Crippen LogP contribution < -0.4 is 15.8 Å². The van der Waals surface area contributed by atoms with E-state index < -0.39 is 0 Å². The lowest BCUT2D eigenvalue weighted by Gasteiger charge is -2.24. The molecule has 1 aromatic rings. The van der Waals surface area contributed by atoms with Crippen molar-refractivity contribution in [2.24, 2.45) is 0 Å². The van der Waals surface area contributed by atoms with Crippen LogP contribution in [0.15, 0.2) is 17.1 Å². The van der Waals surface area contributed by atoms with E-state index in [1.807, 2.05) is 34.9 Å². The molecule has 6 nitrogen and oxygen atoms in total. The standard InChI is InChI=1S/C13H22N4O2/c1-6-13(2,3)15-11(18)9-17-12(19)7-10(8-14-17)16(4)5/h7-8H,6,9H2,1-5H3,(H,15,18). The third-order valence-electron chi connectivity index (χ3n) is 3.03. The predicted molar refractivity (Wildman–Crippen MR) is 75.3 cm³/mol. The molecule has 0 radical (unpaired) electrons. The third kappa shape index (κ3) is 4.39. The second-order valence-electron chi connectivity index (χ2n) is 5.39. The van der Waals surface area contributed by atoms with E-state index in [1.54, 1.807) is 11.1 Å². The Bertz CT molecular complexity index is 506. The first-order valence-corrected chi connectivity index (χ1v) is 6.30. The van der Waals surface area contributed by atoms with Crippen molar-refractivity contribution in [3.05, 3.63) is 22.6 Å². The second-order valence-corrected chi connectivity index (χ2v) is 5.39. The number of hydrogen-bond acceptors (Lipinski definition) is 4. The molecule has 1 amide bonds. The summed E-state index contributed by atoms with van der Waals surface area (Å²) < 4.78 is 1.16. The van der Waals surface area contributed by atoms with Gasteiger partial charge >= 0.3 is 0 Å². The van der Waals surface area contributed by atoms with Gasteiger partial charge in [0.05, 0.1) is 11.9 Å². The highest BCUT2D eigenvalue weighted by atomic mass is 16.2. The maximum atomic E-state index is 11.8. The van der Waals surface area contributed by atoms with E-state index in [1.165, 1.54) is 6.07 Å². The fraction of sp³-hybridized carbons (Fsp3) is 0.615. The van der Waals surface area contributed by atoms with Crippen molar-refractivity contribution in [1.82, 2.24) is 15.1 Å². The summed E-state index contributed by atoms with van der Waals surface area (Å²) in [7, 11) is 3.66. The number of nitrogens with zero attached hydrogens (tertiary/aromatic N) is 3. The van der Waals surface area contributed by atoms with Crippen LogP contribution in [0.5, 0.6) is 0 Å². The van der Waals surface area contributed by atoms with Gasteiger partial charge in [0.15, 0.2) is 0 Å². The molecule has 0 atom stereocenters. The normalized spacial score (nSPS) is 11.2. The molecule has 1 rings (SSSR count). The summed E-state index contributed by atoms with van der Waals surface area (Å²) in [6.07, 6.45) is 2.39. The van der Waals surface area contributed by atoms with E-state index in [0.29, 0.717) is 0 Å². The number of carbonyl (C=O) groups is 1. The van der Waals surface area contributed by atoms with Gasteiger partial charge in [0.2, 0.25) is 5.91 Å². The number of hydrogen-bond donors (Lipinski definition) is 1. The number of aromatic nitrogens is 2. The Hall–Kier alpha value is -1.85. The Kier molecular flexibility index (Phi) is 4.69. The van der Waals surface area contributed by atoms with E-state index >= 15 is 0 Å². The van der Waals surface area contributed by atoms with Crippen molar-refractivity contribution in [2.45, 2.75) is 39.3 Å². The van der Waals surface area contributed by atoms with Crippen molar-refractivity contribution in [3.63, 3.8) is 0 Å². The summed E-state index contributed by atoms with van der Waals surface area (Å²) in [5.74, 6) is -0.209. The molecule has 0 bridgehead atoms. The molecule has 1 aromatic heterocycles. The predicted octanol–water partition coefficient (Wildman–Crippen LogP) is 0.614. The maximum absolute atomic E-state index is 11.8. The molecule has 0 aliphatic heterocycles. The van der Waals surface area contributed by atoms with Gasteiger partial charge in [-0.2, -0.15) is 5.10 Å². The number of carbonyl (C=O) groups excluding carboxylic acids is 1. The van der Waals surface area contributed by atoms with Crippen molar-refractivity contribution in [1.29, 1.82) is 0 Å². The molecule has 0 aromatic carbocycles. The lowest BCUT2D eigenvalue weighted by molar-refractivity contribution is -0.123. The molecule has 0 unspecified atom stereocenters. The zero-order valence-corrected chi connectivity index (χ0v) is 12.2. The lowest BCUT2D eigenvalue weighted by Crippen LogP contribution is -2.45. The number of anilines is 1. The Morgan fingerprint density at radius 1 is 1.47 bits per heavy atom. The zero-order valence-electron chi connectivity index (χ0n) is 12.2. The van der Waals surface area contributed by atoms with Crippen LogP contribution in [-0.2, 0) is 11.3 Å².